The van der Waals surface area contributed by atoms with Crippen molar-refractivity contribution in [1.82, 2.24) is 10.2 Å². The smallest absolute Gasteiger partial charge is 0.271 e. The second-order valence-electron chi connectivity index (χ2n) is 7.09. The molecular formula is C20H22Cl2N4O6S. The molecule has 13 heteroatoms. The van der Waals surface area contributed by atoms with Gasteiger partial charge in [-0.05, 0) is 30.7 Å². The van der Waals surface area contributed by atoms with Crippen LogP contribution in [0.25, 0.3) is 0 Å². The van der Waals surface area contributed by atoms with Crippen LogP contribution in [0.15, 0.2) is 42.5 Å². The summed E-state index contributed by atoms with van der Waals surface area (Å²) >= 11 is 12.1. The molecule has 1 N–H and O–H groups in total. The monoisotopic (exact) mass is 516 g/mol. The number of nitrogens with one attached hydrogen (secondary N) is 1. The number of benzene rings is 2. The number of non-ortho nitro benzene ring substituents is 1. The molecule has 2 aromatic carbocycles. The maximum atomic E-state index is 13.3. The number of amides is 2. The minimum atomic E-state index is -4.01. The molecule has 2 rings (SSSR count). The Bertz CT molecular complexity index is 1170. The number of hydrogen-bond donors (Lipinski definition) is 1. The first-order chi connectivity index (χ1) is 15.3. The van der Waals surface area contributed by atoms with Crippen molar-refractivity contribution < 1.29 is 22.9 Å². The minimum absolute atomic E-state index is 0.0582. The third kappa shape index (κ3) is 6.80. The number of likely N-dealkylation sites (N-methyl/N-ethyl adjacent to an activating group) is 1. The molecule has 0 saturated carbocycles. The Morgan fingerprint density at radius 1 is 1.18 bits per heavy atom. The first-order valence-electron chi connectivity index (χ1n) is 9.52. The first kappa shape index (κ1) is 26.4. The van der Waals surface area contributed by atoms with Gasteiger partial charge >= 0.3 is 0 Å². The van der Waals surface area contributed by atoms with Crippen molar-refractivity contribution in [3.63, 3.8) is 0 Å². The molecule has 0 aliphatic rings. The van der Waals surface area contributed by atoms with Crippen LogP contribution in [0.2, 0.25) is 10.0 Å². The number of hydrogen-bond acceptors (Lipinski definition) is 6. The van der Waals surface area contributed by atoms with Crippen molar-refractivity contribution in [1.29, 1.82) is 0 Å². The molecule has 0 saturated heterocycles. The van der Waals surface area contributed by atoms with E-state index in [1.165, 1.54) is 43.1 Å². The summed E-state index contributed by atoms with van der Waals surface area (Å²) in [4.78, 5) is 37.2. The lowest BCUT2D eigenvalue weighted by atomic mass is 10.1. The fraction of sp³-hybridized carbons (Fsp3) is 0.300. The summed E-state index contributed by atoms with van der Waals surface area (Å²) in [5.41, 5.74) is 0.0978. The number of nitro benzene ring substituents is 1. The molecule has 0 heterocycles. The maximum Gasteiger partial charge on any atom is 0.271 e. The lowest BCUT2D eigenvalue weighted by Gasteiger charge is -2.31. The van der Waals surface area contributed by atoms with Gasteiger partial charge in [0.15, 0.2) is 0 Å². The highest BCUT2D eigenvalue weighted by Crippen LogP contribution is 2.25. The van der Waals surface area contributed by atoms with Gasteiger partial charge in [0.05, 0.1) is 16.9 Å². The molecule has 1 unspecified atom stereocenters. The topological polar surface area (TPSA) is 130 Å². The largest absolute Gasteiger partial charge is 0.357 e. The van der Waals surface area contributed by atoms with Crippen LogP contribution in [0.5, 0.6) is 0 Å². The number of halogens is 2. The molecule has 2 aromatic rings. The number of anilines is 1. The predicted molar refractivity (Wildman–Crippen MR) is 126 cm³/mol. The van der Waals surface area contributed by atoms with Gasteiger partial charge in [0.2, 0.25) is 21.8 Å². The minimum Gasteiger partial charge on any atom is -0.357 e. The van der Waals surface area contributed by atoms with Gasteiger partial charge < -0.3 is 10.2 Å². The van der Waals surface area contributed by atoms with Crippen molar-refractivity contribution in [3.8, 4) is 0 Å². The highest BCUT2D eigenvalue weighted by atomic mass is 35.5. The van der Waals surface area contributed by atoms with Gasteiger partial charge in [-0.1, -0.05) is 35.3 Å². The summed E-state index contributed by atoms with van der Waals surface area (Å²) < 4.78 is 25.6. The molecule has 0 bridgehead atoms. The fourth-order valence-electron chi connectivity index (χ4n) is 3.00. The fourth-order valence-corrected chi connectivity index (χ4v) is 4.31. The quantitative estimate of drug-likeness (QED) is 0.402. The van der Waals surface area contributed by atoms with E-state index < -0.39 is 39.3 Å². The van der Waals surface area contributed by atoms with E-state index in [9.17, 15) is 28.1 Å². The van der Waals surface area contributed by atoms with Crippen LogP contribution in [0, 0.1) is 10.1 Å². The van der Waals surface area contributed by atoms with E-state index in [0.717, 1.165) is 16.6 Å². The van der Waals surface area contributed by atoms with Gasteiger partial charge in [0.1, 0.15) is 12.6 Å². The summed E-state index contributed by atoms with van der Waals surface area (Å²) in [6, 6.07) is 8.58. The van der Waals surface area contributed by atoms with Crippen molar-refractivity contribution in [2.45, 2.75) is 19.5 Å². The third-order valence-electron chi connectivity index (χ3n) is 4.78. The lowest BCUT2D eigenvalue weighted by Crippen LogP contribution is -2.50. The standard InChI is InChI=1S/C20H22Cl2N4O6S/c1-13(20(28)23-2)24(11-14-7-8-15(21)9-18(14)22)19(27)12-25(33(3,31)32)16-5-4-6-17(10-16)26(29)30/h4-10,13H,11-12H2,1-3H3,(H,23,28). The molecule has 0 aliphatic carbocycles. The number of carbonyl (C=O) groups is 2. The van der Waals surface area contributed by atoms with Gasteiger partial charge in [-0.3, -0.25) is 24.0 Å². The maximum absolute atomic E-state index is 13.3. The SMILES string of the molecule is CNC(=O)C(C)N(Cc1ccc(Cl)cc1Cl)C(=O)CN(c1cccc([N+](=O)[O-])c1)S(C)(=O)=O. The van der Waals surface area contributed by atoms with Crippen LogP contribution in [0.1, 0.15) is 12.5 Å². The Labute approximate surface area is 201 Å². The van der Waals surface area contributed by atoms with E-state index in [2.05, 4.69) is 5.32 Å². The van der Waals surface area contributed by atoms with Crippen molar-refractivity contribution in [3.05, 3.63) is 68.2 Å². The van der Waals surface area contributed by atoms with Crippen LogP contribution >= 0.6 is 23.2 Å². The zero-order chi connectivity index (χ0) is 24.9. The van der Waals surface area contributed by atoms with Gasteiger partial charge in [0.25, 0.3) is 5.69 Å². The second kappa shape index (κ2) is 10.8. The normalized spacial score (nSPS) is 12.0. The summed E-state index contributed by atoms with van der Waals surface area (Å²) in [5.74, 6) is -1.19. The summed E-state index contributed by atoms with van der Waals surface area (Å²) in [7, 11) is -2.60. The number of rotatable bonds is 9. The molecule has 10 nitrogen and oxygen atoms in total. The van der Waals surface area contributed by atoms with E-state index >= 15 is 0 Å². The van der Waals surface area contributed by atoms with Crippen LogP contribution in [-0.2, 0) is 26.2 Å². The Balaban J connectivity index is 2.45. The average Bonchev–Trinajstić information content (AvgIpc) is 2.75. The molecule has 178 valence electrons. The molecule has 0 fully saturated rings. The van der Waals surface area contributed by atoms with Gasteiger partial charge in [0, 0.05) is 35.8 Å². The zero-order valence-corrected chi connectivity index (χ0v) is 20.3. The summed E-state index contributed by atoms with van der Waals surface area (Å²) in [6.07, 6.45) is 0.877. The van der Waals surface area contributed by atoms with E-state index in [1.54, 1.807) is 12.1 Å². The van der Waals surface area contributed by atoms with E-state index in [1.807, 2.05) is 0 Å². The van der Waals surface area contributed by atoms with Crippen LogP contribution in [0.4, 0.5) is 11.4 Å². The van der Waals surface area contributed by atoms with Gasteiger partial charge in [-0.15, -0.1) is 0 Å². The summed E-state index contributed by atoms with van der Waals surface area (Å²) in [6.45, 7) is 0.696. The molecule has 0 aromatic heterocycles. The Hall–Kier alpha value is -2.89. The number of carbonyl (C=O) groups excluding carboxylic acids is 2. The predicted octanol–water partition coefficient (Wildman–Crippen LogP) is 2.83. The molecular weight excluding hydrogens is 495 g/mol. The number of nitrogens with zero attached hydrogens (tertiary/aromatic N) is 3. The van der Waals surface area contributed by atoms with E-state index in [0.29, 0.717) is 10.6 Å². The molecule has 2 amide bonds. The van der Waals surface area contributed by atoms with Crippen molar-refractivity contribution in [2.24, 2.45) is 0 Å². The highest BCUT2D eigenvalue weighted by molar-refractivity contribution is 7.92. The van der Waals surface area contributed by atoms with Crippen molar-refractivity contribution in [2.75, 3.05) is 24.2 Å². The van der Waals surface area contributed by atoms with Crippen LogP contribution in [-0.4, -0.2) is 55.9 Å². The average molecular weight is 517 g/mol. The third-order valence-corrected chi connectivity index (χ3v) is 6.50. The first-order valence-corrected chi connectivity index (χ1v) is 12.1. The van der Waals surface area contributed by atoms with E-state index in [4.69, 9.17) is 23.2 Å². The second-order valence-corrected chi connectivity index (χ2v) is 9.84. The zero-order valence-electron chi connectivity index (χ0n) is 18.0. The lowest BCUT2D eigenvalue weighted by molar-refractivity contribution is -0.384. The van der Waals surface area contributed by atoms with Gasteiger partial charge in [-0.25, -0.2) is 8.42 Å². The Morgan fingerprint density at radius 3 is 2.39 bits per heavy atom. The highest BCUT2D eigenvalue weighted by Gasteiger charge is 2.30. The van der Waals surface area contributed by atoms with E-state index in [-0.39, 0.29) is 22.9 Å². The van der Waals surface area contributed by atoms with Crippen LogP contribution in [0.3, 0.4) is 0 Å². The Morgan fingerprint density at radius 2 is 1.85 bits per heavy atom. The van der Waals surface area contributed by atoms with Crippen molar-refractivity contribution >= 4 is 56.4 Å². The summed E-state index contributed by atoms with van der Waals surface area (Å²) in [5, 5.41) is 14.2. The molecule has 0 spiro atoms. The number of sulfonamides is 1. The van der Waals surface area contributed by atoms with Gasteiger partial charge in [-0.2, -0.15) is 0 Å². The molecule has 0 radical (unpaired) electrons. The molecule has 1 atom stereocenters. The number of nitro groups is 1. The molecule has 33 heavy (non-hydrogen) atoms. The Kier molecular flexibility index (Phi) is 8.64. The van der Waals surface area contributed by atoms with Crippen LogP contribution < -0.4 is 9.62 Å². The molecule has 0 aliphatic heterocycles.